The molecule has 33 heavy (non-hydrogen) atoms. The van der Waals surface area contributed by atoms with Gasteiger partial charge in [0.15, 0.2) is 0 Å². The topological polar surface area (TPSA) is 97.0 Å². The van der Waals surface area contributed by atoms with Crippen molar-refractivity contribution in [1.82, 2.24) is 9.55 Å². The van der Waals surface area contributed by atoms with Crippen LogP contribution in [0.3, 0.4) is 0 Å². The molecule has 4 rings (SSSR count). The number of aliphatic hydroxyl groups is 3. The largest absolute Gasteiger partial charge is 0.485 e. The van der Waals surface area contributed by atoms with Crippen LogP contribution < -0.4 is 4.74 Å². The monoisotopic (exact) mass is 452 g/mol. The lowest BCUT2D eigenvalue weighted by Gasteiger charge is -2.15. The predicted molar refractivity (Wildman–Crippen MR) is 119 cm³/mol. The summed E-state index contributed by atoms with van der Waals surface area (Å²) in [6.07, 6.45) is 1.27. The van der Waals surface area contributed by atoms with Crippen LogP contribution in [0.2, 0.25) is 0 Å². The van der Waals surface area contributed by atoms with E-state index in [1.807, 2.05) is 12.1 Å². The number of halogens is 1. The van der Waals surface area contributed by atoms with Gasteiger partial charge in [0.2, 0.25) is 0 Å². The van der Waals surface area contributed by atoms with E-state index in [1.54, 1.807) is 42.0 Å². The standard InChI is InChI=1S/C25H25FN2O5/c1-16(30)25-27-10-11-28(25)20(13-29)7-4-18-2-3-19(12-22(18)26)17-5-8-21(9-6-17)33-24-15-32-14-23(24)31/h2-3,5-6,8-12,16,20,23-24,29-31H,13-15H2,1H3/t16-,20-,23?,24?/m0/s1. The molecule has 1 aromatic heterocycles. The number of imidazole rings is 1. The van der Waals surface area contributed by atoms with E-state index in [4.69, 9.17) is 9.47 Å². The minimum Gasteiger partial charge on any atom is -0.485 e. The van der Waals surface area contributed by atoms with Gasteiger partial charge in [0.1, 0.15) is 41.7 Å². The molecule has 4 atom stereocenters. The Hall–Kier alpha value is -3.22. The number of aliphatic hydroxyl groups excluding tert-OH is 3. The lowest BCUT2D eigenvalue weighted by molar-refractivity contribution is 0.0733. The molecule has 0 radical (unpaired) electrons. The van der Waals surface area contributed by atoms with E-state index in [-0.39, 0.29) is 18.8 Å². The lowest BCUT2D eigenvalue weighted by Crippen LogP contribution is -2.29. The second kappa shape index (κ2) is 10.1. The Morgan fingerprint density at radius 2 is 1.97 bits per heavy atom. The van der Waals surface area contributed by atoms with Crippen LogP contribution in [-0.4, -0.2) is 56.9 Å². The smallest absolute Gasteiger partial charge is 0.150 e. The summed E-state index contributed by atoms with van der Waals surface area (Å²) >= 11 is 0. The normalized spacial score (nSPS) is 19.5. The maximum absolute atomic E-state index is 14.7. The minimum atomic E-state index is -0.819. The van der Waals surface area contributed by atoms with Crippen LogP contribution in [0.4, 0.5) is 4.39 Å². The Kier molecular flexibility index (Phi) is 7.06. The van der Waals surface area contributed by atoms with Gasteiger partial charge in [0.25, 0.3) is 0 Å². The fourth-order valence-corrected chi connectivity index (χ4v) is 3.61. The zero-order chi connectivity index (χ0) is 23.4. The molecule has 1 fully saturated rings. The van der Waals surface area contributed by atoms with Gasteiger partial charge in [-0.3, -0.25) is 0 Å². The Morgan fingerprint density at radius 3 is 2.61 bits per heavy atom. The predicted octanol–water partition coefficient (Wildman–Crippen LogP) is 2.47. The Labute approximate surface area is 191 Å². The van der Waals surface area contributed by atoms with Crippen molar-refractivity contribution < 1.29 is 29.2 Å². The van der Waals surface area contributed by atoms with Gasteiger partial charge in [-0.1, -0.05) is 30.0 Å². The van der Waals surface area contributed by atoms with Crippen molar-refractivity contribution in [1.29, 1.82) is 0 Å². The van der Waals surface area contributed by atoms with Crippen molar-refractivity contribution in [3.05, 3.63) is 72.1 Å². The molecule has 0 aliphatic carbocycles. The van der Waals surface area contributed by atoms with Crippen molar-refractivity contribution >= 4 is 0 Å². The molecule has 7 nitrogen and oxygen atoms in total. The summed E-state index contributed by atoms with van der Waals surface area (Å²) in [5.41, 5.74) is 1.68. The van der Waals surface area contributed by atoms with Crippen LogP contribution in [0, 0.1) is 17.7 Å². The van der Waals surface area contributed by atoms with Gasteiger partial charge >= 0.3 is 0 Å². The zero-order valence-electron chi connectivity index (χ0n) is 18.1. The van der Waals surface area contributed by atoms with Gasteiger partial charge in [0.05, 0.1) is 25.4 Å². The average molecular weight is 452 g/mol. The Morgan fingerprint density at radius 1 is 1.21 bits per heavy atom. The molecule has 1 aliphatic heterocycles. The second-order valence-electron chi connectivity index (χ2n) is 7.82. The van der Waals surface area contributed by atoms with E-state index < -0.39 is 30.2 Å². The maximum Gasteiger partial charge on any atom is 0.150 e. The number of nitrogens with zero attached hydrogens (tertiary/aromatic N) is 2. The molecule has 0 spiro atoms. The summed E-state index contributed by atoms with van der Waals surface area (Å²) in [5.74, 6) is 6.13. The molecule has 0 amide bonds. The molecule has 2 aromatic carbocycles. The van der Waals surface area contributed by atoms with Crippen LogP contribution in [0.5, 0.6) is 5.75 Å². The third-order valence-electron chi connectivity index (χ3n) is 5.40. The van der Waals surface area contributed by atoms with Gasteiger partial charge in [-0.05, 0) is 42.3 Å². The highest BCUT2D eigenvalue weighted by Gasteiger charge is 2.27. The van der Waals surface area contributed by atoms with Crippen LogP contribution >= 0.6 is 0 Å². The molecule has 1 saturated heterocycles. The highest BCUT2D eigenvalue weighted by atomic mass is 19.1. The van der Waals surface area contributed by atoms with Crippen molar-refractivity contribution in [2.45, 2.75) is 31.3 Å². The summed E-state index contributed by atoms with van der Waals surface area (Å²) in [7, 11) is 0. The number of hydrogen-bond acceptors (Lipinski definition) is 6. The molecule has 2 unspecified atom stereocenters. The first-order chi connectivity index (χ1) is 16.0. The molecule has 3 aromatic rings. The number of hydrogen-bond donors (Lipinski definition) is 3. The van der Waals surface area contributed by atoms with E-state index in [0.717, 1.165) is 5.56 Å². The molecule has 3 N–H and O–H groups in total. The number of benzene rings is 2. The minimum absolute atomic E-state index is 0.200. The summed E-state index contributed by atoms with van der Waals surface area (Å²) in [5, 5.41) is 29.3. The van der Waals surface area contributed by atoms with Gasteiger partial charge in [-0.25, -0.2) is 9.37 Å². The Balaban J connectivity index is 1.49. The SMILES string of the molecule is C[C@H](O)c1nccn1[C@@H](C#Cc1ccc(-c2ccc(OC3COCC3O)cc2)cc1F)CO. The fraction of sp³-hybridized carbons (Fsp3) is 0.320. The van der Waals surface area contributed by atoms with Gasteiger partial charge < -0.3 is 29.4 Å². The number of rotatable bonds is 6. The zero-order valence-corrected chi connectivity index (χ0v) is 18.1. The molecule has 0 saturated carbocycles. The van der Waals surface area contributed by atoms with Crippen molar-refractivity contribution in [3.63, 3.8) is 0 Å². The fourth-order valence-electron chi connectivity index (χ4n) is 3.61. The number of aromatic nitrogens is 2. The summed E-state index contributed by atoms with van der Waals surface area (Å²) in [6.45, 7) is 1.88. The average Bonchev–Trinajstić information content (AvgIpc) is 3.45. The summed E-state index contributed by atoms with van der Waals surface area (Å²) in [6, 6.07) is 11.3. The van der Waals surface area contributed by atoms with E-state index in [9.17, 15) is 19.7 Å². The van der Waals surface area contributed by atoms with Crippen LogP contribution in [0.25, 0.3) is 11.1 Å². The molecular formula is C25H25FN2O5. The van der Waals surface area contributed by atoms with Crippen molar-refractivity contribution in [2.24, 2.45) is 0 Å². The van der Waals surface area contributed by atoms with Crippen LogP contribution in [0.15, 0.2) is 54.9 Å². The van der Waals surface area contributed by atoms with E-state index >= 15 is 0 Å². The van der Waals surface area contributed by atoms with Gasteiger partial charge in [0, 0.05) is 12.4 Å². The van der Waals surface area contributed by atoms with E-state index in [1.165, 1.54) is 12.3 Å². The number of ether oxygens (including phenoxy) is 2. The first-order valence-corrected chi connectivity index (χ1v) is 10.6. The molecular weight excluding hydrogens is 427 g/mol. The molecule has 8 heteroatoms. The quantitative estimate of drug-likeness (QED) is 0.498. The third-order valence-corrected chi connectivity index (χ3v) is 5.40. The van der Waals surface area contributed by atoms with Crippen molar-refractivity contribution in [3.8, 4) is 28.7 Å². The molecule has 0 bridgehead atoms. The van der Waals surface area contributed by atoms with E-state index in [2.05, 4.69) is 16.8 Å². The summed E-state index contributed by atoms with van der Waals surface area (Å²) in [4.78, 5) is 4.07. The molecule has 2 heterocycles. The van der Waals surface area contributed by atoms with E-state index in [0.29, 0.717) is 23.7 Å². The second-order valence-corrected chi connectivity index (χ2v) is 7.82. The van der Waals surface area contributed by atoms with Crippen LogP contribution in [-0.2, 0) is 4.74 Å². The highest BCUT2D eigenvalue weighted by molar-refractivity contribution is 5.65. The first kappa shape index (κ1) is 23.0. The van der Waals surface area contributed by atoms with Crippen molar-refractivity contribution in [2.75, 3.05) is 19.8 Å². The van der Waals surface area contributed by atoms with Gasteiger partial charge in [-0.15, -0.1) is 0 Å². The molecule has 172 valence electrons. The van der Waals surface area contributed by atoms with Crippen LogP contribution in [0.1, 0.15) is 30.5 Å². The first-order valence-electron chi connectivity index (χ1n) is 10.6. The maximum atomic E-state index is 14.7. The third kappa shape index (κ3) is 5.24. The highest BCUT2D eigenvalue weighted by Crippen LogP contribution is 2.26. The Bertz CT molecular complexity index is 1150. The summed E-state index contributed by atoms with van der Waals surface area (Å²) < 4.78 is 27.2. The lowest BCUT2D eigenvalue weighted by atomic mass is 10.0. The van der Waals surface area contributed by atoms with Gasteiger partial charge in [-0.2, -0.15) is 0 Å². The molecule has 1 aliphatic rings.